The van der Waals surface area contributed by atoms with Crippen LogP contribution in [0.15, 0.2) is 18.2 Å². The van der Waals surface area contributed by atoms with Crippen LogP contribution in [0.25, 0.3) is 0 Å². The fourth-order valence-electron chi connectivity index (χ4n) is 2.43. The van der Waals surface area contributed by atoms with E-state index in [2.05, 4.69) is 0 Å². The molecule has 0 amide bonds. The van der Waals surface area contributed by atoms with Crippen molar-refractivity contribution < 1.29 is 5.11 Å². The van der Waals surface area contributed by atoms with E-state index in [0.717, 1.165) is 17.9 Å². The van der Waals surface area contributed by atoms with Gasteiger partial charge in [-0.15, -0.1) is 0 Å². The molecule has 1 atom stereocenters. The summed E-state index contributed by atoms with van der Waals surface area (Å²) >= 11 is 12.2. The second-order valence-corrected chi connectivity index (χ2v) is 6.27. The fourth-order valence-corrected chi connectivity index (χ4v) is 2.81. The SMILES string of the molecule is NCC(CO)(Cc1cc(Cl)ccc1Cl)CC1CC1. The van der Waals surface area contributed by atoms with Crippen LogP contribution in [-0.4, -0.2) is 18.3 Å². The highest BCUT2D eigenvalue weighted by Gasteiger charge is 2.36. The van der Waals surface area contributed by atoms with Crippen molar-refractivity contribution in [2.45, 2.75) is 25.7 Å². The number of aliphatic hydroxyl groups is 1. The molecule has 1 aromatic rings. The molecule has 0 radical (unpaired) electrons. The van der Waals surface area contributed by atoms with Gasteiger partial charge in [-0.1, -0.05) is 36.0 Å². The highest BCUT2D eigenvalue weighted by Crippen LogP contribution is 2.42. The van der Waals surface area contributed by atoms with Gasteiger partial charge < -0.3 is 10.8 Å². The van der Waals surface area contributed by atoms with Crippen LogP contribution < -0.4 is 5.73 Å². The summed E-state index contributed by atoms with van der Waals surface area (Å²) in [5, 5.41) is 11.1. The highest BCUT2D eigenvalue weighted by atomic mass is 35.5. The normalized spacial score (nSPS) is 18.7. The zero-order valence-electron chi connectivity index (χ0n) is 10.3. The number of nitrogens with two attached hydrogens (primary N) is 1. The smallest absolute Gasteiger partial charge is 0.0502 e. The van der Waals surface area contributed by atoms with E-state index >= 15 is 0 Å². The Morgan fingerprint density at radius 1 is 1.33 bits per heavy atom. The van der Waals surface area contributed by atoms with E-state index in [9.17, 15) is 5.11 Å². The highest BCUT2D eigenvalue weighted by molar-refractivity contribution is 6.33. The zero-order valence-corrected chi connectivity index (χ0v) is 11.8. The molecule has 1 fully saturated rings. The van der Waals surface area contributed by atoms with Crippen molar-refractivity contribution in [3.05, 3.63) is 33.8 Å². The summed E-state index contributed by atoms with van der Waals surface area (Å²) in [5.41, 5.74) is 6.62. The minimum atomic E-state index is -0.254. The van der Waals surface area contributed by atoms with Crippen molar-refractivity contribution >= 4 is 23.2 Å². The van der Waals surface area contributed by atoms with E-state index in [1.165, 1.54) is 12.8 Å². The molecule has 0 spiro atoms. The Labute approximate surface area is 118 Å². The molecule has 100 valence electrons. The quantitative estimate of drug-likeness (QED) is 0.844. The van der Waals surface area contributed by atoms with Gasteiger partial charge in [-0.2, -0.15) is 0 Å². The van der Waals surface area contributed by atoms with Crippen LogP contribution in [0.3, 0.4) is 0 Å². The number of rotatable bonds is 6. The first-order chi connectivity index (χ1) is 8.58. The molecule has 0 saturated heterocycles. The van der Waals surface area contributed by atoms with Gasteiger partial charge in [0, 0.05) is 22.0 Å². The lowest BCUT2D eigenvalue weighted by Crippen LogP contribution is -2.37. The van der Waals surface area contributed by atoms with Crippen molar-refractivity contribution in [2.24, 2.45) is 17.1 Å². The van der Waals surface area contributed by atoms with Crippen LogP contribution in [0.1, 0.15) is 24.8 Å². The van der Waals surface area contributed by atoms with E-state index < -0.39 is 0 Å². The van der Waals surface area contributed by atoms with Gasteiger partial charge in [-0.05, 0) is 42.5 Å². The largest absolute Gasteiger partial charge is 0.396 e. The molecule has 1 aliphatic rings. The Bertz CT molecular complexity index is 414. The van der Waals surface area contributed by atoms with Crippen molar-refractivity contribution in [3.8, 4) is 0 Å². The predicted octanol–water partition coefficient (Wildman–Crippen LogP) is 3.27. The van der Waals surface area contributed by atoms with Crippen molar-refractivity contribution in [1.82, 2.24) is 0 Å². The van der Waals surface area contributed by atoms with Crippen LogP contribution >= 0.6 is 23.2 Å². The molecule has 0 aliphatic heterocycles. The Morgan fingerprint density at radius 3 is 2.61 bits per heavy atom. The number of aliphatic hydroxyl groups excluding tert-OH is 1. The predicted molar refractivity (Wildman–Crippen MR) is 76.1 cm³/mol. The van der Waals surface area contributed by atoms with E-state index in [0.29, 0.717) is 23.0 Å². The summed E-state index contributed by atoms with van der Waals surface area (Å²) in [4.78, 5) is 0. The standard InChI is InChI=1S/C14H19Cl2NO/c15-12-3-4-13(16)11(5-12)7-14(8-17,9-18)6-10-1-2-10/h3-5,10,18H,1-2,6-9,17H2. The van der Waals surface area contributed by atoms with Gasteiger partial charge in [0.05, 0.1) is 6.61 Å². The van der Waals surface area contributed by atoms with Crippen LogP contribution in [0.5, 0.6) is 0 Å². The van der Waals surface area contributed by atoms with Gasteiger partial charge in [-0.25, -0.2) is 0 Å². The van der Waals surface area contributed by atoms with Crippen LogP contribution in [0.4, 0.5) is 0 Å². The number of benzene rings is 1. The molecule has 2 rings (SSSR count). The molecule has 0 bridgehead atoms. The maximum Gasteiger partial charge on any atom is 0.0502 e. The fraction of sp³-hybridized carbons (Fsp3) is 0.571. The third-order valence-electron chi connectivity index (χ3n) is 3.76. The molecular formula is C14H19Cl2NO. The minimum absolute atomic E-state index is 0.100. The lowest BCUT2D eigenvalue weighted by molar-refractivity contribution is 0.115. The summed E-state index contributed by atoms with van der Waals surface area (Å²) in [5.74, 6) is 0.721. The van der Waals surface area contributed by atoms with E-state index in [1.54, 1.807) is 12.1 Å². The maximum atomic E-state index is 9.72. The lowest BCUT2D eigenvalue weighted by Gasteiger charge is -2.31. The average Bonchev–Trinajstić information content (AvgIpc) is 3.16. The zero-order chi connectivity index (χ0) is 13.2. The van der Waals surface area contributed by atoms with Crippen LogP contribution in [-0.2, 0) is 6.42 Å². The molecule has 1 unspecified atom stereocenters. The van der Waals surface area contributed by atoms with Gasteiger partial charge in [0.25, 0.3) is 0 Å². The first-order valence-electron chi connectivity index (χ1n) is 6.33. The van der Waals surface area contributed by atoms with Crippen LogP contribution in [0.2, 0.25) is 10.0 Å². The molecule has 0 aromatic heterocycles. The topological polar surface area (TPSA) is 46.2 Å². The maximum absolute atomic E-state index is 9.72. The molecule has 4 heteroatoms. The van der Waals surface area contributed by atoms with E-state index in [-0.39, 0.29) is 12.0 Å². The molecule has 18 heavy (non-hydrogen) atoms. The van der Waals surface area contributed by atoms with Gasteiger partial charge in [-0.3, -0.25) is 0 Å². The third kappa shape index (κ3) is 3.39. The first kappa shape index (κ1) is 14.1. The van der Waals surface area contributed by atoms with Gasteiger partial charge in [0.15, 0.2) is 0 Å². The van der Waals surface area contributed by atoms with Gasteiger partial charge in [0.1, 0.15) is 0 Å². The molecule has 1 aliphatic carbocycles. The van der Waals surface area contributed by atoms with E-state index in [1.807, 2.05) is 6.07 Å². The third-order valence-corrected chi connectivity index (χ3v) is 4.36. The van der Waals surface area contributed by atoms with E-state index in [4.69, 9.17) is 28.9 Å². The van der Waals surface area contributed by atoms with Crippen molar-refractivity contribution in [1.29, 1.82) is 0 Å². The number of hydrogen-bond acceptors (Lipinski definition) is 2. The Balaban J connectivity index is 2.18. The minimum Gasteiger partial charge on any atom is -0.396 e. The van der Waals surface area contributed by atoms with Gasteiger partial charge in [0.2, 0.25) is 0 Å². The summed E-state index contributed by atoms with van der Waals surface area (Å²) in [6, 6.07) is 5.45. The monoisotopic (exact) mass is 287 g/mol. The first-order valence-corrected chi connectivity index (χ1v) is 7.09. The molecule has 3 N–H and O–H groups in total. The summed E-state index contributed by atoms with van der Waals surface area (Å²) < 4.78 is 0. The molecule has 1 saturated carbocycles. The Morgan fingerprint density at radius 2 is 2.06 bits per heavy atom. The summed E-state index contributed by atoms with van der Waals surface area (Å²) in [7, 11) is 0. The van der Waals surface area contributed by atoms with Crippen molar-refractivity contribution in [3.63, 3.8) is 0 Å². The molecule has 1 aromatic carbocycles. The van der Waals surface area contributed by atoms with Crippen molar-refractivity contribution in [2.75, 3.05) is 13.2 Å². The summed E-state index contributed by atoms with van der Waals surface area (Å²) in [6.45, 7) is 0.575. The molecule has 2 nitrogen and oxygen atoms in total. The number of halogens is 2. The molecular weight excluding hydrogens is 269 g/mol. The second kappa shape index (κ2) is 5.79. The van der Waals surface area contributed by atoms with Crippen LogP contribution in [0, 0.1) is 11.3 Å². The van der Waals surface area contributed by atoms with Gasteiger partial charge >= 0.3 is 0 Å². The number of hydrogen-bond donors (Lipinski definition) is 2. The lowest BCUT2D eigenvalue weighted by atomic mass is 9.78. The molecule has 0 heterocycles. The second-order valence-electron chi connectivity index (χ2n) is 5.42. The summed E-state index contributed by atoms with van der Waals surface area (Å²) in [6.07, 6.45) is 4.18. The Kier molecular flexibility index (Phi) is 4.54. The average molecular weight is 288 g/mol. The Hall–Kier alpha value is -0.280.